The minimum absolute atomic E-state index is 0.173. The van der Waals surface area contributed by atoms with E-state index in [0.717, 1.165) is 45.1 Å². The Morgan fingerprint density at radius 3 is 2.38 bits per heavy atom. The summed E-state index contributed by atoms with van der Waals surface area (Å²) < 4.78 is 0. The molecule has 1 amide bonds. The standard InChI is InChI=1S/C17H35N3O/c1-15(2)9-7-5-6-8-10-19-16(21)17(3,4)20-13-11-18-12-14-20/h15,18H,5-14H2,1-4H3,(H,19,21). The van der Waals surface area contributed by atoms with E-state index in [4.69, 9.17) is 0 Å². The number of hydrogen-bond acceptors (Lipinski definition) is 3. The van der Waals surface area contributed by atoms with Gasteiger partial charge in [0.1, 0.15) is 0 Å². The quantitative estimate of drug-likeness (QED) is 0.642. The molecule has 0 bridgehead atoms. The topological polar surface area (TPSA) is 44.4 Å². The van der Waals surface area contributed by atoms with Gasteiger partial charge in [-0.1, -0.05) is 39.5 Å². The third-order valence-electron chi connectivity index (χ3n) is 4.46. The Hall–Kier alpha value is -0.610. The molecule has 2 N–H and O–H groups in total. The van der Waals surface area contributed by atoms with Crippen LogP contribution in [0, 0.1) is 5.92 Å². The highest BCUT2D eigenvalue weighted by Gasteiger charge is 2.34. The molecule has 4 heteroatoms. The molecule has 1 fully saturated rings. The summed E-state index contributed by atoms with van der Waals surface area (Å²) >= 11 is 0. The van der Waals surface area contributed by atoms with E-state index in [1.54, 1.807) is 0 Å². The minimum atomic E-state index is -0.389. The number of amides is 1. The van der Waals surface area contributed by atoms with Crippen molar-refractivity contribution in [1.82, 2.24) is 15.5 Å². The van der Waals surface area contributed by atoms with Crippen molar-refractivity contribution in [3.63, 3.8) is 0 Å². The van der Waals surface area contributed by atoms with Gasteiger partial charge in [0, 0.05) is 32.7 Å². The Labute approximate surface area is 131 Å². The van der Waals surface area contributed by atoms with E-state index < -0.39 is 0 Å². The lowest BCUT2D eigenvalue weighted by molar-refractivity contribution is -0.132. The zero-order chi connectivity index (χ0) is 15.7. The van der Waals surface area contributed by atoms with Gasteiger partial charge in [0.25, 0.3) is 0 Å². The molecule has 1 aliphatic heterocycles. The zero-order valence-electron chi connectivity index (χ0n) is 14.5. The number of unbranched alkanes of at least 4 members (excludes halogenated alkanes) is 3. The van der Waals surface area contributed by atoms with Gasteiger partial charge in [0.2, 0.25) is 5.91 Å². The Kier molecular flexibility index (Phi) is 8.27. The van der Waals surface area contributed by atoms with Gasteiger partial charge in [0.15, 0.2) is 0 Å². The number of carbonyl (C=O) groups excluding carboxylic acids is 1. The van der Waals surface area contributed by atoms with Crippen molar-refractivity contribution in [1.29, 1.82) is 0 Å². The first-order chi connectivity index (χ1) is 9.94. The average Bonchev–Trinajstić information content (AvgIpc) is 2.46. The molecule has 1 saturated heterocycles. The molecule has 0 atom stereocenters. The second-order valence-electron chi connectivity index (χ2n) is 7.15. The fraction of sp³-hybridized carbons (Fsp3) is 0.941. The largest absolute Gasteiger partial charge is 0.355 e. The SMILES string of the molecule is CC(C)CCCCCCNC(=O)C(C)(C)N1CCNCC1. The number of nitrogens with zero attached hydrogens (tertiary/aromatic N) is 1. The van der Waals surface area contributed by atoms with E-state index >= 15 is 0 Å². The summed E-state index contributed by atoms with van der Waals surface area (Å²) in [6.45, 7) is 13.3. The van der Waals surface area contributed by atoms with Crippen LogP contribution in [0.25, 0.3) is 0 Å². The van der Waals surface area contributed by atoms with Crippen molar-refractivity contribution < 1.29 is 4.79 Å². The van der Waals surface area contributed by atoms with Crippen molar-refractivity contribution in [2.75, 3.05) is 32.7 Å². The summed E-state index contributed by atoms with van der Waals surface area (Å²) in [6, 6.07) is 0. The minimum Gasteiger partial charge on any atom is -0.355 e. The summed E-state index contributed by atoms with van der Waals surface area (Å²) in [5.41, 5.74) is -0.389. The van der Waals surface area contributed by atoms with Gasteiger partial charge < -0.3 is 10.6 Å². The maximum absolute atomic E-state index is 12.4. The molecule has 1 heterocycles. The third kappa shape index (κ3) is 6.79. The van der Waals surface area contributed by atoms with Gasteiger partial charge in [-0.05, 0) is 26.2 Å². The van der Waals surface area contributed by atoms with E-state index in [2.05, 4.69) is 29.4 Å². The van der Waals surface area contributed by atoms with E-state index in [1.165, 1.54) is 25.7 Å². The summed E-state index contributed by atoms with van der Waals surface area (Å²) in [5.74, 6) is 0.983. The lowest BCUT2D eigenvalue weighted by Gasteiger charge is -2.39. The summed E-state index contributed by atoms with van der Waals surface area (Å²) in [7, 11) is 0. The molecule has 0 radical (unpaired) electrons. The number of carbonyl (C=O) groups is 1. The van der Waals surface area contributed by atoms with E-state index in [0.29, 0.717) is 0 Å². The normalized spacial score (nSPS) is 17.2. The second-order valence-corrected chi connectivity index (χ2v) is 7.15. The predicted molar refractivity (Wildman–Crippen MR) is 89.5 cm³/mol. The molecule has 0 aromatic heterocycles. The van der Waals surface area contributed by atoms with Crippen LogP contribution in [0.15, 0.2) is 0 Å². The van der Waals surface area contributed by atoms with E-state index in [-0.39, 0.29) is 11.4 Å². The first-order valence-corrected chi connectivity index (χ1v) is 8.68. The summed E-state index contributed by atoms with van der Waals surface area (Å²) in [6.07, 6.45) is 6.25. The molecule has 0 aromatic carbocycles. The third-order valence-corrected chi connectivity index (χ3v) is 4.46. The molecule has 0 aliphatic carbocycles. The summed E-state index contributed by atoms with van der Waals surface area (Å²) in [4.78, 5) is 14.6. The summed E-state index contributed by atoms with van der Waals surface area (Å²) in [5, 5.41) is 6.45. The maximum Gasteiger partial charge on any atom is 0.239 e. The predicted octanol–water partition coefficient (Wildman–Crippen LogP) is 2.39. The van der Waals surface area contributed by atoms with Crippen LogP contribution in [-0.4, -0.2) is 49.1 Å². The van der Waals surface area contributed by atoms with Gasteiger partial charge in [-0.15, -0.1) is 0 Å². The van der Waals surface area contributed by atoms with Gasteiger partial charge in [-0.3, -0.25) is 9.69 Å². The average molecular weight is 297 g/mol. The Morgan fingerprint density at radius 2 is 1.76 bits per heavy atom. The molecule has 0 saturated carbocycles. The number of hydrogen-bond donors (Lipinski definition) is 2. The van der Waals surface area contributed by atoms with Crippen LogP contribution < -0.4 is 10.6 Å². The molecule has 124 valence electrons. The molecule has 0 spiro atoms. The smallest absolute Gasteiger partial charge is 0.239 e. The van der Waals surface area contributed by atoms with Crippen molar-refractivity contribution in [3.05, 3.63) is 0 Å². The maximum atomic E-state index is 12.4. The molecular formula is C17H35N3O. The Balaban J connectivity index is 2.14. The highest BCUT2D eigenvalue weighted by molar-refractivity contribution is 5.85. The number of rotatable bonds is 9. The van der Waals surface area contributed by atoms with Crippen molar-refractivity contribution in [3.8, 4) is 0 Å². The first-order valence-electron chi connectivity index (χ1n) is 8.68. The molecule has 0 unspecified atom stereocenters. The van der Waals surface area contributed by atoms with Gasteiger partial charge >= 0.3 is 0 Å². The van der Waals surface area contributed by atoms with Gasteiger partial charge in [-0.25, -0.2) is 0 Å². The molecular weight excluding hydrogens is 262 g/mol. The first kappa shape index (κ1) is 18.4. The zero-order valence-corrected chi connectivity index (χ0v) is 14.5. The van der Waals surface area contributed by atoms with Crippen LogP contribution in [0.1, 0.15) is 59.8 Å². The van der Waals surface area contributed by atoms with Crippen molar-refractivity contribution >= 4 is 5.91 Å². The van der Waals surface area contributed by atoms with Crippen molar-refractivity contribution in [2.45, 2.75) is 65.3 Å². The Bertz CT molecular complexity index is 296. The number of nitrogens with one attached hydrogen (secondary N) is 2. The monoisotopic (exact) mass is 297 g/mol. The second kappa shape index (κ2) is 9.42. The van der Waals surface area contributed by atoms with Crippen LogP contribution in [0.4, 0.5) is 0 Å². The molecule has 0 aromatic rings. The molecule has 1 rings (SSSR count). The molecule has 1 aliphatic rings. The number of piperazine rings is 1. The van der Waals surface area contributed by atoms with Crippen LogP contribution >= 0.6 is 0 Å². The van der Waals surface area contributed by atoms with Crippen LogP contribution in [0.2, 0.25) is 0 Å². The molecule has 21 heavy (non-hydrogen) atoms. The van der Waals surface area contributed by atoms with E-state index in [9.17, 15) is 4.79 Å². The highest BCUT2D eigenvalue weighted by atomic mass is 16.2. The molecule has 4 nitrogen and oxygen atoms in total. The fourth-order valence-corrected chi connectivity index (χ4v) is 2.82. The van der Waals surface area contributed by atoms with Crippen LogP contribution in [0.5, 0.6) is 0 Å². The van der Waals surface area contributed by atoms with E-state index in [1.807, 2.05) is 13.8 Å². The van der Waals surface area contributed by atoms with Gasteiger partial charge in [0.05, 0.1) is 5.54 Å². The van der Waals surface area contributed by atoms with Gasteiger partial charge in [-0.2, -0.15) is 0 Å². The highest BCUT2D eigenvalue weighted by Crippen LogP contribution is 2.15. The Morgan fingerprint density at radius 1 is 1.14 bits per heavy atom. The van der Waals surface area contributed by atoms with Crippen LogP contribution in [0.3, 0.4) is 0 Å². The van der Waals surface area contributed by atoms with Crippen LogP contribution in [-0.2, 0) is 4.79 Å². The lowest BCUT2D eigenvalue weighted by atomic mass is 10.00. The fourth-order valence-electron chi connectivity index (χ4n) is 2.82. The van der Waals surface area contributed by atoms with Crippen molar-refractivity contribution in [2.24, 2.45) is 5.92 Å². The lowest BCUT2D eigenvalue weighted by Crippen LogP contribution is -2.60.